The van der Waals surface area contributed by atoms with Crippen molar-refractivity contribution in [2.24, 2.45) is 0 Å². The molecule has 0 atom stereocenters. The van der Waals surface area contributed by atoms with Crippen molar-refractivity contribution in [2.75, 3.05) is 31.1 Å². The van der Waals surface area contributed by atoms with Gasteiger partial charge in [-0.25, -0.2) is 4.39 Å². The highest BCUT2D eigenvalue weighted by atomic mass is 35.5. The number of anilines is 1. The first-order valence-electron chi connectivity index (χ1n) is 11.6. The van der Waals surface area contributed by atoms with E-state index >= 15 is 0 Å². The number of rotatable bonds is 5. The van der Waals surface area contributed by atoms with Gasteiger partial charge in [-0.15, -0.1) is 5.10 Å². The average molecular weight is 519 g/mol. The fourth-order valence-corrected chi connectivity index (χ4v) is 4.75. The number of aromatic hydroxyl groups is 1. The van der Waals surface area contributed by atoms with E-state index in [1.165, 1.54) is 30.3 Å². The molecule has 0 radical (unpaired) electrons. The number of fused-ring (bicyclic) bond motifs is 1. The highest BCUT2D eigenvalue weighted by molar-refractivity contribution is 6.34. The van der Waals surface area contributed by atoms with E-state index in [0.717, 1.165) is 0 Å². The van der Waals surface area contributed by atoms with Crippen LogP contribution >= 0.6 is 11.6 Å². The molecule has 1 aliphatic rings. The molecule has 186 valence electrons. The van der Waals surface area contributed by atoms with Crippen LogP contribution in [-0.4, -0.2) is 52.3 Å². The quantitative estimate of drug-likeness (QED) is 0.378. The van der Waals surface area contributed by atoms with Crippen LogP contribution < -0.4 is 4.90 Å². The molecule has 2 heterocycles. The second-order valence-corrected chi connectivity index (χ2v) is 9.04. The van der Waals surface area contributed by atoms with E-state index < -0.39 is 11.6 Å². The first-order valence-corrected chi connectivity index (χ1v) is 11.9. The molecule has 1 saturated heterocycles. The molecule has 4 aromatic rings. The van der Waals surface area contributed by atoms with Crippen molar-refractivity contribution < 1.29 is 18.7 Å². The smallest absolute Gasteiger partial charge is 0.246 e. The zero-order chi connectivity index (χ0) is 26.1. The maximum absolute atomic E-state index is 14.8. The van der Waals surface area contributed by atoms with Gasteiger partial charge in [0.25, 0.3) is 0 Å². The van der Waals surface area contributed by atoms with Crippen molar-refractivity contribution in [1.82, 2.24) is 15.1 Å². The molecule has 0 bridgehead atoms. The normalized spacial score (nSPS) is 13.5. The summed E-state index contributed by atoms with van der Waals surface area (Å²) in [5.41, 5.74) is 1.48. The van der Waals surface area contributed by atoms with Crippen molar-refractivity contribution in [1.29, 1.82) is 0 Å². The number of aromatic nitrogens is 2. The summed E-state index contributed by atoms with van der Waals surface area (Å²) in [6.07, 6.45) is 1.56. The van der Waals surface area contributed by atoms with Crippen LogP contribution in [-0.2, 0) is 11.2 Å². The third kappa shape index (κ3) is 4.78. The number of amides is 1. The molecule has 1 aliphatic heterocycles. The van der Waals surface area contributed by atoms with E-state index in [0.29, 0.717) is 59.6 Å². The molecule has 1 N–H and O–H groups in total. The van der Waals surface area contributed by atoms with Crippen LogP contribution in [0.3, 0.4) is 0 Å². The number of carbonyl (C=O) groups is 1. The maximum atomic E-state index is 14.8. The minimum absolute atomic E-state index is 0.0167. The molecule has 5 rings (SSSR count). The number of halogens is 3. The standard InChI is InChI=1S/C28H21ClF2N4O2/c1-2-26(37)34-10-12-35(13-11-34)28-20-16-22(29)21(27-23(31)4-3-5-25(27)36)15-19(20)24(32-33-28)14-17-6-8-18(30)9-7-17/h2-6,8,15-16,36H,1,10-14H2. The predicted octanol–water partition coefficient (Wildman–Crippen LogP) is 4.96. The molecule has 0 aliphatic carbocycles. The Morgan fingerprint density at radius 1 is 1.08 bits per heavy atom. The lowest BCUT2D eigenvalue weighted by Crippen LogP contribution is -2.48. The van der Waals surface area contributed by atoms with Crippen molar-refractivity contribution in [3.05, 3.63) is 95.2 Å². The lowest BCUT2D eigenvalue weighted by molar-refractivity contribution is -0.126. The Bertz CT molecular complexity index is 1480. The number of hydrogen-bond acceptors (Lipinski definition) is 5. The van der Waals surface area contributed by atoms with Crippen LogP contribution in [0.1, 0.15) is 11.3 Å². The van der Waals surface area contributed by atoms with Gasteiger partial charge in [0.15, 0.2) is 11.6 Å². The highest BCUT2D eigenvalue weighted by Gasteiger charge is 2.24. The van der Waals surface area contributed by atoms with Gasteiger partial charge in [-0.2, -0.15) is 9.49 Å². The van der Waals surface area contributed by atoms with Crippen molar-refractivity contribution in [2.45, 2.75) is 6.42 Å². The number of phenolic OH excluding ortho intramolecular Hbond substituents is 1. The van der Waals surface area contributed by atoms with E-state index in [-0.39, 0.29) is 28.7 Å². The molecule has 0 spiro atoms. The van der Waals surface area contributed by atoms with Gasteiger partial charge in [-0.05, 0) is 48.5 Å². The lowest BCUT2D eigenvalue weighted by atomic mass is 9.97. The molecule has 1 amide bonds. The summed E-state index contributed by atoms with van der Waals surface area (Å²) in [5.74, 6) is -0.932. The summed E-state index contributed by atoms with van der Waals surface area (Å²) >= 11 is 6.64. The van der Waals surface area contributed by atoms with Crippen LogP contribution in [0.4, 0.5) is 14.6 Å². The van der Waals surface area contributed by atoms with Gasteiger partial charge >= 0.3 is 0 Å². The maximum Gasteiger partial charge on any atom is 0.246 e. The molecule has 6 nitrogen and oxygen atoms in total. The number of nitrogens with zero attached hydrogens (tertiary/aromatic N) is 4. The van der Waals surface area contributed by atoms with Crippen molar-refractivity contribution >= 4 is 34.1 Å². The molecule has 9 heteroatoms. The predicted molar refractivity (Wildman–Crippen MR) is 137 cm³/mol. The van der Waals surface area contributed by atoms with Crippen LogP contribution in [0.25, 0.3) is 21.9 Å². The van der Waals surface area contributed by atoms with Gasteiger partial charge in [0.1, 0.15) is 11.6 Å². The largest absolute Gasteiger partial charge is 0.507 e. The second kappa shape index (κ2) is 10.0. The number of hydrogen-bond donors (Lipinski definition) is 1. The molecule has 3 aromatic carbocycles. The van der Waals surface area contributed by atoms with Crippen LogP contribution in [0.15, 0.2) is 55.1 Å². The molecule has 1 aromatic heterocycles. The summed E-state index contributed by atoms with van der Waals surface area (Å²) in [6, 6.07) is 15.5. The molecule has 1 fully saturated rings. The fourth-order valence-electron chi connectivity index (χ4n) is 4.50. The molecule has 0 unspecified atom stereocenters. The Balaban J connectivity index is 1.63. The van der Waals surface area contributed by atoms with Crippen molar-refractivity contribution in [3.8, 4) is 16.9 Å². The van der Waals surface area contributed by atoms with E-state index in [2.05, 4.69) is 28.9 Å². The number of carbonyl (C=O) groups excluding carboxylic acids is 1. The Hall–Kier alpha value is -4.22. The van der Waals surface area contributed by atoms with Crippen molar-refractivity contribution in [3.63, 3.8) is 0 Å². The Morgan fingerprint density at radius 2 is 1.86 bits per heavy atom. The Morgan fingerprint density at radius 3 is 2.54 bits per heavy atom. The lowest BCUT2D eigenvalue weighted by Gasteiger charge is -2.35. The number of phenols is 1. The third-order valence-electron chi connectivity index (χ3n) is 6.38. The zero-order valence-electron chi connectivity index (χ0n) is 19.6. The fraction of sp³-hybridized carbons (Fsp3) is 0.179. The van der Waals surface area contributed by atoms with Crippen LogP contribution in [0.5, 0.6) is 5.75 Å². The number of benzene rings is 2. The van der Waals surface area contributed by atoms with Crippen LogP contribution in [0.2, 0.25) is 5.02 Å². The number of piperazine rings is 1. The summed E-state index contributed by atoms with van der Waals surface area (Å²) in [4.78, 5) is 15.7. The monoisotopic (exact) mass is 518 g/mol. The van der Waals surface area contributed by atoms with E-state index in [1.807, 2.05) is 4.90 Å². The summed E-state index contributed by atoms with van der Waals surface area (Å²) < 4.78 is 28.1. The molecule has 0 saturated carbocycles. The van der Waals surface area contributed by atoms with Crippen LogP contribution in [0, 0.1) is 23.8 Å². The summed E-state index contributed by atoms with van der Waals surface area (Å²) in [5, 5.41) is 20.9. The topological polar surface area (TPSA) is 69.6 Å². The van der Waals surface area contributed by atoms with Gasteiger partial charge in [0.2, 0.25) is 5.91 Å². The van der Waals surface area contributed by atoms with Gasteiger partial charge in [-0.1, -0.05) is 30.3 Å². The average Bonchev–Trinajstić information content (AvgIpc) is 2.90. The van der Waals surface area contributed by atoms with Gasteiger partial charge in [0.05, 0.1) is 11.3 Å². The Kier molecular flexibility index (Phi) is 6.64. The van der Waals surface area contributed by atoms with E-state index in [1.54, 1.807) is 23.1 Å². The zero-order valence-corrected chi connectivity index (χ0v) is 20.4. The third-order valence-corrected chi connectivity index (χ3v) is 6.69. The molecular weight excluding hydrogens is 498 g/mol. The SMILES string of the molecule is C=CC(=O)N1CCN(c2nnc(Cc3c#cc(F)cc3)c3cc(-c4c(O)cccc4F)c(Cl)cc23)CC1. The Labute approximate surface area is 217 Å². The first-order chi connectivity index (χ1) is 17.9. The van der Waals surface area contributed by atoms with Gasteiger partial charge in [-0.3, -0.25) is 4.79 Å². The second-order valence-electron chi connectivity index (χ2n) is 8.63. The molecule has 37 heavy (non-hydrogen) atoms. The minimum Gasteiger partial charge on any atom is -0.507 e. The van der Waals surface area contributed by atoms with E-state index in [9.17, 15) is 18.7 Å². The minimum atomic E-state index is -0.616. The summed E-state index contributed by atoms with van der Waals surface area (Å²) in [7, 11) is 0. The summed E-state index contributed by atoms with van der Waals surface area (Å²) in [6.45, 7) is 5.58. The van der Waals surface area contributed by atoms with E-state index in [4.69, 9.17) is 11.6 Å². The van der Waals surface area contributed by atoms with Gasteiger partial charge in [0, 0.05) is 59.5 Å². The first kappa shape index (κ1) is 24.5. The highest BCUT2D eigenvalue weighted by Crippen LogP contribution is 2.41. The van der Waals surface area contributed by atoms with Gasteiger partial charge < -0.3 is 14.9 Å². The molecular formula is C28H21ClF2N4O2.